The summed E-state index contributed by atoms with van der Waals surface area (Å²) in [5.74, 6) is -1.47. The number of aliphatic hydroxyl groups excluding tert-OH is 1. The fraction of sp³-hybridized carbons (Fsp3) is 0.571. The second-order valence-corrected chi connectivity index (χ2v) is 1.87. The Hall–Kier alpha value is -1.03. The Balaban J connectivity index is 3.66. The zero-order chi connectivity index (χ0) is 8.85. The van der Waals surface area contributed by atoms with E-state index in [1.165, 1.54) is 0 Å². The molecule has 1 unspecified atom stereocenters. The van der Waals surface area contributed by atoms with Crippen molar-refractivity contribution in [3.8, 4) is 0 Å². The van der Waals surface area contributed by atoms with E-state index in [1.807, 2.05) is 0 Å². The van der Waals surface area contributed by atoms with Crippen molar-refractivity contribution in [2.45, 2.75) is 20.1 Å². The summed E-state index contributed by atoms with van der Waals surface area (Å²) >= 11 is 0. The van der Waals surface area contributed by atoms with Crippen molar-refractivity contribution in [1.82, 2.24) is 0 Å². The molecular formula is C7H12O4. The minimum absolute atomic E-state index is 0.451. The van der Waals surface area contributed by atoms with E-state index < -0.39 is 18.0 Å². The number of hydrogen-bond donors (Lipinski definition) is 1. The number of ether oxygens (including phenoxy) is 2. The highest BCUT2D eigenvalue weighted by Gasteiger charge is 2.10. The number of carbonyl (C=O) groups excluding carboxylic acids is 1. The van der Waals surface area contributed by atoms with Crippen LogP contribution in [0, 0.1) is 0 Å². The van der Waals surface area contributed by atoms with E-state index in [2.05, 4.69) is 11.3 Å². The summed E-state index contributed by atoms with van der Waals surface area (Å²) in [7, 11) is 0. The lowest BCUT2D eigenvalue weighted by Gasteiger charge is -2.11. The van der Waals surface area contributed by atoms with E-state index >= 15 is 0 Å². The molecule has 0 aliphatic carbocycles. The van der Waals surface area contributed by atoms with E-state index in [0.29, 0.717) is 6.61 Å². The maximum absolute atomic E-state index is 10.6. The van der Waals surface area contributed by atoms with Crippen molar-refractivity contribution in [3.05, 3.63) is 12.3 Å². The summed E-state index contributed by atoms with van der Waals surface area (Å²) in [6.07, 6.45) is -0.642. The van der Waals surface area contributed by atoms with Crippen LogP contribution in [0.2, 0.25) is 0 Å². The standard InChI is InChI=1S/C7H12O4/c1-4-10-6(3)11-7(9)5(2)8/h6,8H,2,4H2,1,3H3. The van der Waals surface area contributed by atoms with Gasteiger partial charge in [-0.05, 0) is 20.4 Å². The van der Waals surface area contributed by atoms with Crippen LogP contribution in [0.4, 0.5) is 0 Å². The van der Waals surface area contributed by atoms with Gasteiger partial charge in [-0.3, -0.25) is 0 Å². The first kappa shape index (κ1) is 9.97. The van der Waals surface area contributed by atoms with E-state index in [1.54, 1.807) is 13.8 Å². The summed E-state index contributed by atoms with van der Waals surface area (Å²) in [5.41, 5.74) is 0. The smallest absolute Gasteiger partial charge is 0.375 e. The van der Waals surface area contributed by atoms with Gasteiger partial charge in [-0.2, -0.15) is 0 Å². The van der Waals surface area contributed by atoms with Gasteiger partial charge in [-0.1, -0.05) is 0 Å². The summed E-state index contributed by atoms with van der Waals surface area (Å²) in [5, 5.41) is 8.51. The van der Waals surface area contributed by atoms with Gasteiger partial charge in [0, 0.05) is 6.61 Å². The maximum atomic E-state index is 10.6. The second-order valence-electron chi connectivity index (χ2n) is 1.87. The molecule has 0 aromatic heterocycles. The Morgan fingerprint density at radius 3 is 2.64 bits per heavy atom. The second kappa shape index (κ2) is 4.73. The lowest BCUT2D eigenvalue weighted by Crippen LogP contribution is -2.18. The van der Waals surface area contributed by atoms with Gasteiger partial charge in [0.1, 0.15) is 0 Å². The molecule has 4 heteroatoms. The first-order valence-corrected chi connectivity index (χ1v) is 3.28. The van der Waals surface area contributed by atoms with E-state index in [4.69, 9.17) is 9.84 Å². The molecule has 0 spiro atoms. The molecule has 0 heterocycles. The Bertz CT molecular complexity index is 153. The van der Waals surface area contributed by atoms with Gasteiger partial charge in [0.2, 0.25) is 6.29 Å². The largest absolute Gasteiger partial charge is 0.502 e. The van der Waals surface area contributed by atoms with Gasteiger partial charge in [-0.15, -0.1) is 0 Å². The number of rotatable bonds is 4. The minimum atomic E-state index is -0.856. The lowest BCUT2D eigenvalue weighted by molar-refractivity contribution is -0.171. The summed E-state index contributed by atoms with van der Waals surface area (Å²) in [4.78, 5) is 10.6. The average molecular weight is 160 g/mol. The fourth-order valence-corrected chi connectivity index (χ4v) is 0.487. The molecule has 1 N–H and O–H groups in total. The molecule has 0 aromatic rings. The third-order valence-electron chi connectivity index (χ3n) is 0.910. The van der Waals surface area contributed by atoms with Gasteiger partial charge in [0.05, 0.1) is 0 Å². The van der Waals surface area contributed by atoms with Gasteiger partial charge in [-0.25, -0.2) is 4.79 Å². The molecule has 1 atom stereocenters. The van der Waals surface area contributed by atoms with Crippen LogP contribution in [0.5, 0.6) is 0 Å². The zero-order valence-corrected chi connectivity index (χ0v) is 6.66. The summed E-state index contributed by atoms with van der Waals surface area (Å²) in [6.45, 7) is 6.78. The van der Waals surface area contributed by atoms with Crippen LogP contribution in [0.1, 0.15) is 13.8 Å². The Kier molecular flexibility index (Phi) is 4.29. The molecule has 0 rings (SSSR count). The highest BCUT2D eigenvalue weighted by Crippen LogP contribution is 1.97. The Morgan fingerprint density at radius 2 is 2.27 bits per heavy atom. The van der Waals surface area contributed by atoms with Crippen molar-refractivity contribution in [2.75, 3.05) is 6.61 Å². The van der Waals surface area contributed by atoms with Crippen molar-refractivity contribution in [2.24, 2.45) is 0 Å². The van der Waals surface area contributed by atoms with Crippen molar-refractivity contribution in [3.63, 3.8) is 0 Å². The average Bonchev–Trinajstić information content (AvgIpc) is 1.87. The Labute approximate surface area is 65.4 Å². The van der Waals surface area contributed by atoms with Gasteiger partial charge in [0.25, 0.3) is 0 Å². The third kappa shape index (κ3) is 4.38. The Morgan fingerprint density at radius 1 is 1.73 bits per heavy atom. The molecule has 0 aromatic carbocycles. The minimum Gasteiger partial charge on any atom is -0.502 e. The number of hydrogen-bond acceptors (Lipinski definition) is 4. The van der Waals surface area contributed by atoms with Crippen molar-refractivity contribution >= 4 is 5.97 Å². The molecular weight excluding hydrogens is 148 g/mol. The highest BCUT2D eigenvalue weighted by molar-refractivity contribution is 5.84. The predicted octanol–water partition coefficient (Wildman–Crippen LogP) is 0.984. The molecule has 64 valence electrons. The SMILES string of the molecule is C=C(O)C(=O)OC(C)OCC. The van der Waals surface area contributed by atoms with Gasteiger partial charge < -0.3 is 14.6 Å². The summed E-state index contributed by atoms with van der Waals surface area (Å²) < 4.78 is 9.41. The van der Waals surface area contributed by atoms with Gasteiger partial charge >= 0.3 is 5.97 Å². The quantitative estimate of drug-likeness (QED) is 0.288. The van der Waals surface area contributed by atoms with Crippen LogP contribution in [-0.4, -0.2) is 24.0 Å². The van der Waals surface area contributed by atoms with Crippen LogP contribution in [0.3, 0.4) is 0 Å². The molecule has 0 saturated heterocycles. The van der Waals surface area contributed by atoms with E-state index in [9.17, 15) is 4.79 Å². The van der Waals surface area contributed by atoms with E-state index in [-0.39, 0.29) is 0 Å². The van der Waals surface area contributed by atoms with E-state index in [0.717, 1.165) is 0 Å². The third-order valence-corrected chi connectivity index (χ3v) is 0.910. The topological polar surface area (TPSA) is 55.8 Å². The predicted molar refractivity (Wildman–Crippen MR) is 38.9 cm³/mol. The molecule has 0 aliphatic rings. The lowest BCUT2D eigenvalue weighted by atomic mass is 10.6. The number of esters is 1. The number of carbonyl (C=O) groups is 1. The molecule has 0 aliphatic heterocycles. The van der Waals surface area contributed by atoms with Crippen LogP contribution < -0.4 is 0 Å². The zero-order valence-electron chi connectivity index (χ0n) is 6.66. The maximum Gasteiger partial charge on any atom is 0.375 e. The van der Waals surface area contributed by atoms with Crippen LogP contribution in [0.15, 0.2) is 12.3 Å². The molecule has 11 heavy (non-hydrogen) atoms. The summed E-state index contributed by atoms with van der Waals surface area (Å²) in [6, 6.07) is 0. The molecule has 4 nitrogen and oxygen atoms in total. The van der Waals surface area contributed by atoms with Crippen LogP contribution >= 0.6 is 0 Å². The molecule has 0 bridgehead atoms. The van der Waals surface area contributed by atoms with Crippen molar-refractivity contribution in [1.29, 1.82) is 0 Å². The normalized spacial score (nSPS) is 12.2. The molecule has 0 amide bonds. The van der Waals surface area contributed by atoms with Crippen LogP contribution in [-0.2, 0) is 14.3 Å². The fourth-order valence-electron chi connectivity index (χ4n) is 0.487. The monoisotopic (exact) mass is 160 g/mol. The highest BCUT2D eigenvalue weighted by atomic mass is 16.7. The first-order chi connectivity index (χ1) is 5.07. The molecule has 0 fully saturated rings. The van der Waals surface area contributed by atoms with Gasteiger partial charge in [0.15, 0.2) is 5.76 Å². The van der Waals surface area contributed by atoms with Crippen molar-refractivity contribution < 1.29 is 19.4 Å². The molecule has 0 radical (unpaired) electrons. The first-order valence-electron chi connectivity index (χ1n) is 3.28. The number of aliphatic hydroxyl groups is 1. The molecule has 0 saturated carbocycles. The van der Waals surface area contributed by atoms with Crippen LogP contribution in [0.25, 0.3) is 0 Å².